The molecule has 7 nitrogen and oxygen atoms in total. The van der Waals surface area contributed by atoms with Gasteiger partial charge in [0.1, 0.15) is 17.7 Å². The Morgan fingerprint density at radius 1 is 1.02 bits per heavy atom. The number of halogens is 2. The van der Waals surface area contributed by atoms with Crippen LogP contribution in [0.3, 0.4) is 0 Å². The van der Waals surface area contributed by atoms with Crippen molar-refractivity contribution in [3.05, 3.63) is 64.7 Å². The van der Waals surface area contributed by atoms with E-state index in [1.807, 2.05) is 7.05 Å². The van der Waals surface area contributed by atoms with Gasteiger partial charge in [-0.05, 0) is 94.5 Å². The van der Waals surface area contributed by atoms with Gasteiger partial charge in [0.25, 0.3) is 0 Å². The van der Waals surface area contributed by atoms with Crippen LogP contribution in [0, 0.1) is 17.6 Å². The molecule has 4 rings (SSSR count). The molecule has 1 aliphatic heterocycles. The Hall–Kier alpha value is -3.20. The molecule has 2 aromatic carbocycles. The van der Waals surface area contributed by atoms with Gasteiger partial charge in [-0.1, -0.05) is 30.3 Å². The number of likely N-dealkylation sites (tertiary alicyclic amines) is 1. The van der Waals surface area contributed by atoms with Crippen LogP contribution >= 0.6 is 0 Å². The zero-order valence-electron chi connectivity index (χ0n) is 24.7. The summed E-state index contributed by atoms with van der Waals surface area (Å²) in [5.74, 6) is -1.89. The van der Waals surface area contributed by atoms with Crippen molar-refractivity contribution in [3.8, 4) is 5.75 Å². The van der Waals surface area contributed by atoms with Crippen molar-refractivity contribution in [2.45, 2.75) is 89.5 Å². The van der Waals surface area contributed by atoms with Crippen molar-refractivity contribution in [3.63, 3.8) is 0 Å². The Bertz CT molecular complexity index is 1220. The minimum absolute atomic E-state index is 0.0358. The number of hydrogen-bond donors (Lipinski definition) is 1. The first-order chi connectivity index (χ1) is 19.5. The van der Waals surface area contributed by atoms with Crippen molar-refractivity contribution in [2.24, 2.45) is 5.92 Å². The molecule has 0 unspecified atom stereocenters. The molecule has 0 aromatic heterocycles. The summed E-state index contributed by atoms with van der Waals surface area (Å²) in [6.45, 7) is 5.92. The highest BCUT2D eigenvalue weighted by molar-refractivity contribution is 5.82. The molecule has 2 aliphatic rings. The third-order valence-corrected chi connectivity index (χ3v) is 8.00. The first-order valence-electron chi connectivity index (χ1n) is 14.4. The van der Waals surface area contributed by atoms with Crippen LogP contribution in [0.5, 0.6) is 5.75 Å². The number of carbonyl (C=O) groups is 2. The quantitative estimate of drug-likeness (QED) is 0.384. The van der Waals surface area contributed by atoms with E-state index in [0.29, 0.717) is 17.9 Å². The predicted molar refractivity (Wildman–Crippen MR) is 152 cm³/mol. The van der Waals surface area contributed by atoms with E-state index in [0.717, 1.165) is 32.2 Å². The monoisotopic (exact) mass is 572 g/mol. The molecule has 0 radical (unpaired) electrons. The fourth-order valence-electron chi connectivity index (χ4n) is 6.04. The molecule has 1 aliphatic carbocycles. The lowest BCUT2D eigenvalue weighted by molar-refractivity contribution is -0.145. The molecule has 41 heavy (non-hydrogen) atoms. The van der Waals surface area contributed by atoms with Gasteiger partial charge >= 0.3 is 12.1 Å². The predicted octanol–water partition coefficient (Wildman–Crippen LogP) is 6.13. The molecule has 2 aromatic rings. The van der Waals surface area contributed by atoms with Crippen molar-refractivity contribution in [2.75, 3.05) is 20.7 Å². The van der Waals surface area contributed by atoms with Crippen LogP contribution in [-0.2, 0) is 27.2 Å². The van der Waals surface area contributed by atoms with E-state index in [9.17, 15) is 14.0 Å². The fraction of sp³-hybridized carbons (Fsp3) is 0.562. The molecule has 0 spiro atoms. The number of esters is 1. The summed E-state index contributed by atoms with van der Waals surface area (Å²) in [6, 6.07) is 10.3. The number of nitrogens with one attached hydrogen (secondary N) is 1. The first-order valence-corrected chi connectivity index (χ1v) is 14.4. The van der Waals surface area contributed by atoms with Crippen LogP contribution < -0.4 is 10.1 Å². The maximum Gasteiger partial charge on any atom is 0.411 e. The molecule has 1 saturated heterocycles. The van der Waals surface area contributed by atoms with E-state index in [-0.39, 0.29) is 18.9 Å². The minimum atomic E-state index is -0.970. The smallest absolute Gasteiger partial charge is 0.411 e. The van der Waals surface area contributed by atoms with Crippen molar-refractivity contribution < 1.29 is 32.6 Å². The third kappa shape index (κ3) is 7.56. The standard InChI is InChI=1S/C32H42F2N2O5/c1-32(2,3)41-31(38)36-19-24(17-27(36)30(37)39-5)40-29-26(33)15-14-22(28(29)34)16-20-10-12-21(13-11-20)25-9-7-6-8-23(25)18-35-4/h6-9,14-15,20-21,24,27,35H,10-13,16-19H2,1-5H3/t20?,21?,24-,27-/m0/s1. The van der Waals surface area contributed by atoms with Crippen molar-refractivity contribution in [1.82, 2.24) is 10.2 Å². The summed E-state index contributed by atoms with van der Waals surface area (Å²) in [5.41, 5.74) is 2.33. The lowest BCUT2D eigenvalue weighted by Gasteiger charge is -2.30. The van der Waals surface area contributed by atoms with Gasteiger partial charge in [-0.2, -0.15) is 0 Å². The molecule has 9 heteroatoms. The molecule has 1 amide bonds. The lowest BCUT2D eigenvalue weighted by Crippen LogP contribution is -2.44. The van der Waals surface area contributed by atoms with Gasteiger partial charge in [0.15, 0.2) is 17.4 Å². The van der Waals surface area contributed by atoms with Crippen LogP contribution in [-0.4, -0.2) is 55.4 Å². The highest BCUT2D eigenvalue weighted by Crippen LogP contribution is 2.39. The Kier molecular flexibility index (Phi) is 9.89. The topological polar surface area (TPSA) is 77.1 Å². The van der Waals surface area contributed by atoms with Gasteiger partial charge in [-0.15, -0.1) is 0 Å². The van der Waals surface area contributed by atoms with Crippen LogP contribution in [0.25, 0.3) is 0 Å². The number of carbonyl (C=O) groups excluding carboxylic acids is 2. The van der Waals surface area contributed by atoms with Gasteiger partial charge in [0.2, 0.25) is 0 Å². The van der Waals surface area contributed by atoms with Crippen LogP contribution in [0.1, 0.15) is 75.5 Å². The highest BCUT2D eigenvalue weighted by Gasteiger charge is 2.44. The average Bonchev–Trinajstić information content (AvgIpc) is 3.36. The molecular formula is C32H42F2N2O5. The summed E-state index contributed by atoms with van der Waals surface area (Å²) >= 11 is 0. The molecule has 2 atom stereocenters. The number of rotatable bonds is 8. The van der Waals surface area contributed by atoms with Crippen molar-refractivity contribution >= 4 is 12.1 Å². The molecule has 1 N–H and O–H groups in total. The van der Waals surface area contributed by atoms with Crippen LogP contribution in [0.4, 0.5) is 13.6 Å². The Morgan fingerprint density at radius 2 is 1.73 bits per heavy atom. The molecule has 224 valence electrons. The van der Waals surface area contributed by atoms with E-state index in [1.54, 1.807) is 20.8 Å². The Morgan fingerprint density at radius 3 is 2.39 bits per heavy atom. The molecule has 0 bridgehead atoms. The second kappa shape index (κ2) is 13.2. The summed E-state index contributed by atoms with van der Waals surface area (Å²) in [5, 5.41) is 3.24. The molecule has 1 heterocycles. The zero-order valence-corrected chi connectivity index (χ0v) is 24.7. The summed E-state index contributed by atoms with van der Waals surface area (Å²) in [7, 11) is 3.17. The number of ether oxygens (including phenoxy) is 3. The average molecular weight is 573 g/mol. The number of hydrogen-bond acceptors (Lipinski definition) is 6. The first kappa shape index (κ1) is 30.8. The normalized spacial score (nSPS) is 22.9. The summed E-state index contributed by atoms with van der Waals surface area (Å²) in [4.78, 5) is 26.3. The van der Waals surface area contributed by atoms with Crippen LogP contribution in [0.2, 0.25) is 0 Å². The largest absolute Gasteiger partial charge is 0.482 e. The second-order valence-electron chi connectivity index (χ2n) is 12.1. The maximum atomic E-state index is 15.7. The summed E-state index contributed by atoms with van der Waals surface area (Å²) in [6.07, 6.45) is 2.97. The van der Waals surface area contributed by atoms with E-state index < -0.39 is 47.2 Å². The van der Waals surface area contributed by atoms with E-state index in [2.05, 4.69) is 29.6 Å². The molecule has 1 saturated carbocycles. The summed E-state index contributed by atoms with van der Waals surface area (Å²) < 4.78 is 46.6. The second-order valence-corrected chi connectivity index (χ2v) is 12.1. The van der Waals surface area contributed by atoms with Gasteiger partial charge < -0.3 is 19.5 Å². The van der Waals surface area contributed by atoms with E-state index >= 15 is 4.39 Å². The molecular weight excluding hydrogens is 530 g/mol. The van der Waals surface area contributed by atoms with E-state index in [4.69, 9.17) is 14.2 Å². The van der Waals surface area contributed by atoms with Gasteiger partial charge in [0, 0.05) is 13.0 Å². The number of methoxy groups -OCH3 is 1. The van der Waals surface area contributed by atoms with Gasteiger partial charge in [-0.25, -0.2) is 18.4 Å². The maximum absolute atomic E-state index is 15.7. The van der Waals surface area contributed by atoms with Gasteiger partial charge in [0.05, 0.1) is 13.7 Å². The SMILES string of the molecule is CNCc1ccccc1C1CCC(Cc2ccc(F)c(O[C@H]3C[C@@H](C(=O)OC)N(C(=O)OC(C)(C)C)C3)c2F)CC1. The molecule has 2 fully saturated rings. The Balaban J connectivity index is 1.42. The number of nitrogens with zero attached hydrogens (tertiary/aromatic N) is 1. The van der Waals surface area contributed by atoms with E-state index in [1.165, 1.54) is 35.3 Å². The number of amides is 1. The van der Waals surface area contributed by atoms with Gasteiger partial charge in [-0.3, -0.25) is 4.90 Å². The third-order valence-electron chi connectivity index (χ3n) is 8.00. The zero-order chi connectivity index (χ0) is 29.7. The highest BCUT2D eigenvalue weighted by atomic mass is 19.1. The lowest BCUT2D eigenvalue weighted by atomic mass is 9.75. The van der Waals surface area contributed by atoms with Crippen molar-refractivity contribution in [1.29, 1.82) is 0 Å². The Labute approximate surface area is 241 Å². The number of benzene rings is 2. The minimum Gasteiger partial charge on any atom is -0.482 e. The fourth-order valence-corrected chi connectivity index (χ4v) is 6.04. The van der Waals surface area contributed by atoms with Crippen LogP contribution in [0.15, 0.2) is 36.4 Å².